The molecule has 2 heterocycles. The van der Waals surface area contributed by atoms with Crippen molar-refractivity contribution in [3.63, 3.8) is 0 Å². The number of piperidine rings is 1. The average Bonchev–Trinajstić information content (AvgIpc) is 2.52. The Balaban J connectivity index is 1.97. The normalized spacial score (nSPS) is 20.9. The molecule has 1 saturated heterocycles. The molecule has 1 aliphatic heterocycles. The number of ether oxygens (including phenoxy) is 1. The molecule has 112 valence electrons. The first-order valence-electron chi connectivity index (χ1n) is 7.71. The predicted octanol–water partition coefficient (Wildman–Crippen LogP) is 2.76. The van der Waals surface area contributed by atoms with E-state index in [0.29, 0.717) is 12.1 Å². The molecular weight excluding hydrogens is 250 g/mol. The van der Waals surface area contributed by atoms with Crippen molar-refractivity contribution >= 4 is 5.69 Å². The third kappa shape index (κ3) is 3.93. The van der Waals surface area contributed by atoms with E-state index in [-0.39, 0.29) is 0 Å². The minimum Gasteiger partial charge on any atom is -0.380 e. The van der Waals surface area contributed by atoms with Crippen molar-refractivity contribution in [3.8, 4) is 0 Å². The highest BCUT2D eigenvalue weighted by atomic mass is 16.5. The molecule has 1 aromatic rings. The van der Waals surface area contributed by atoms with Gasteiger partial charge in [0.25, 0.3) is 0 Å². The number of rotatable bonds is 6. The molecule has 0 radical (unpaired) electrons. The van der Waals surface area contributed by atoms with Crippen LogP contribution in [0.15, 0.2) is 18.3 Å². The van der Waals surface area contributed by atoms with E-state index in [2.05, 4.69) is 41.2 Å². The van der Waals surface area contributed by atoms with Gasteiger partial charge in [0.05, 0.1) is 23.7 Å². The Labute approximate surface area is 122 Å². The Bertz CT molecular complexity index is 393. The summed E-state index contributed by atoms with van der Waals surface area (Å²) < 4.78 is 5.48. The lowest BCUT2D eigenvalue weighted by Gasteiger charge is -2.33. The highest BCUT2D eigenvalue weighted by Gasteiger charge is 2.20. The highest BCUT2D eigenvalue weighted by Crippen LogP contribution is 2.21. The van der Waals surface area contributed by atoms with Gasteiger partial charge < -0.3 is 15.0 Å². The molecule has 2 rings (SSSR count). The van der Waals surface area contributed by atoms with Gasteiger partial charge in [-0.25, -0.2) is 0 Å². The van der Waals surface area contributed by atoms with Crippen LogP contribution in [-0.4, -0.2) is 37.8 Å². The Morgan fingerprint density at radius 2 is 2.35 bits per heavy atom. The lowest BCUT2D eigenvalue weighted by atomic mass is 10.1. The molecule has 0 aromatic carbocycles. The van der Waals surface area contributed by atoms with Crippen molar-refractivity contribution in [2.75, 3.05) is 31.6 Å². The molecule has 0 bridgehead atoms. The molecule has 2 atom stereocenters. The van der Waals surface area contributed by atoms with Crippen LogP contribution in [0.3, 0.4) is 0 Å². The smallest absolute Gasteiger partial charge is 0.0746 e. The fraction of sp³-hybridized carbons (Fsp3) is 0.688. The van der Waals surface area contributed by atoms with Gasteiger partial charge in [0.1, 0.15) is 0 Å². The van der Waals surface area contributed by atoms with Crippen LogP contribution in [0.4, 0.5) is 5.69 Å². The summed E-state index contributed by atoms with van der Waals surface area (Å²) in [6.45, 7) is 7.45. The molecule has 20 heavy (non-hydrogen) atoms. The van der Waals surface area contributed by atoms with Crippen LogP contribution in [0.2, 0.25) is 0 Å². The van der Waals surface area contributed by atoms with Crippen LogP contribution in [0.25, 0.3) is 0 Å². The van der Waals surface area contributed by atoms with Crippen LogP contribution < -0.4 is 10.2 Å². The van der Waals surface area contributed by atoms with Crippen molar-refractivity contribution in [2.45, 2.75) is 45.3 Å². The van der Waals surface area contributed by atoms with Crippen molar-refractivity contribution in [1.29, 1.82) is 0 Å². The number of pyridine rings is 1. The molecule has 4 nitrogen and oxygen atoms in total. The minimum absolute atomic E-state index is 0.317. The molecular formula is C16H27N3O. The first-order valence-corrected chi connectivity index (χ1v) is 7.71. The monoisotopic (exact) mass is 277 g/mol. The minimum atomic E-state index is 0.317. The van der Waals surface area contributed by atoms with Gasteiger partial charge in [-0.3, -0.25) is 4.98 Å². The van der Waals surface area contributed by atoms with E-state index in [4.69, 9.17) is 4.74 Å². The predicted molar refractivity (Wildman–Crippen MR) is 83.2 cm³/mol. The van der Waals surface area contributed by atoms with Gasteiger partial charge in [0.15, 0.2) is 0 Å². The zero-order chi connectivity index (χ0) is 14.4. The number of nitrogens with zero attached hydrogens (tertiary/aromatic N) is 2. The first-order chi connectivity index (χ1) is 9.74. The molecule has 1 aromatic heterocycles. The highest BCUT2D eigenvalue weighted by molar-refractivity contribution is 5.45. The summed E-state index contributed by atoms with van der Waals surface area (Å²) in [6, 6.07) is 4.64. The summed E-state index contributed by atoms with van der Waals surface area (Å²) in [4.78, 5) is 6.99. The second-order valence-corrected chi connectivity index (χ2v) is 5.56. The second-order valence-electron chi connectivity index (χ2n) is 5.56. The summed E-state index contributed by atoms with van der Waals surface area (Å²) in [6.07, 6.45) is 5.85. The molecule has 0 spiro atoms. The van der Waals surface area contributed by atoms with Gasteiger partial charge in [-0.1, -0.05) is 6.92 Å². The largest absolute Gasteiger partial charge is 0.380 e. The van der Waals surface area contributed by atoms with Crippen LogP contribution in [0.1, 0.15) is 44.8 Å². The Morgan fingerprint density at radius 1 is 1.50 bits per heavy atom. The summed E-state index contributed by atoms with van der Waals surface area (Å²) in [5.74, 6) is 0. The fourth-order valence-electron chi connectivity index (χ4n) is 2.67. The maximum Gasteiger partial charge on any atom is 0.0746 e. The number of anilines is 1. The third-order valence-electron chi connectivity index (χ3n) is 3.99. The molecule has 2 unspecified atom stereocenters. The van der Waals surface area contributed by atoms with E-state index in [1.165, 1.54) is 12.1 Å². The fourth-order valence-corrected chi connectivity index (χ4v) is 2.67. The molecule has 0 aliphatic carbocycles. The maximum atomic E-state index is 5.48. The Kier molecular flexibility index (Phi) is 5.80. The van der Waals surface area contributed by atoms with Crippen molar-refractivity contribution < 1.29 is 4.74 Å². The molecule has 0 saturated carbocycles. The standard InChI is InChI=1S/C16H27N3O/c1-4-9-17-13(2)16-8-7-14(11-18-16)19-10-5-6-15(12-19)20-3/h7-8,11,13,15,17H,4-6,9-10,12H2,1-3H3. The van der Waals surface area contributed by atoms with Crippen LogP contribution in [0.5, 0.6) is 0 Å². The summed E-state index contributed by atoms with van der Waals surface area (Å²) in [5.41, 5.74) is 2.32. The number of nitrogens with one attached hydrogen (secondary N) is 1. The van der Waals surface area contributed by atoms with E-state index < -0.39 is 0 Å². The van der Waals surface area contributed by atoms with Crippen LogP contribution in [0, 0.1) is 0 Å². The van der Waals surface area contributed by atoms with Gasteiger partial charge in [0.2, 0.25) is 0 Å². The van der Waals surface area contributed by atoms with E-state index in [1.807, 2.05) is 6.20 Å². The summed E-state index contributed by atoms with van der Waals surface area (Å²) in [7, 11) is 1.80. The SMILES string of the molecule is CCCNC(C)c1ccc(N2CCCC(OC)C2)cn1. The maximum absolute atomic E-state index is 5.48. The van der Waals surface area contributed by atoms with Gasteiger partial charge in [-0.05, 0) is 44.9 Å². The number of hydrogen-bond acceptors (Lipinski definition) is 4. The van der Waals surface area contributed by atoms with E-state index in [9.17, 15) is 0 Å². The number of aromatic nitrogens is 1. The van der Waals surface area contributed by atoms with Gasteiger partial charge in [-0.15, -0.1) is 0 Å². The Hall–Kier alpha value is -1.13. The van der Waals surface area contributed by atoms with E-state index in [0.717, 1.165) is 38.2 Å². The van der Waals surface area contributed by atoms with E-state index in [1.54, 1.807) is 7.11 Å². The van der Waals surface area contributed by atoms with Gasteiger partial charge >= 0.3 is 0 Å². The summed E-state index contributed by atoms with van der Waals surface area (Å²) >= 11 is 0. The third-order valence-corrected chi connectivity index (χ3v) is 3.99. The zero-order valence-corrected chi connectivity index (χ0v) is 12.9. The van der Waals surface area contributed by atoms with Crippen LogP contribution in [-0.2, 0) is 4.74 Å². The molecule has 1 fully saturated rings. The van der Waals surface area contributed by atoms with E-state index >= 15 is 0 Å². The van der Waals surface area contributed by atoms with Gasteiger partial charge in [-0.2, -0.15) is 0 Å². The lowest BCUT2D eigenvalue weighted by molar-refractivity contribution is 0.0893. The zero-order valence-electron chi connectivity index (χ0n) is 12.9. The Morgan fingerprint density at radius 3 is 3.00 bits per heavy atom. The average molecular weight is 277 g/mol. The van der Waals surface area contributed by atoms with Crippen molar-refractivity contribution in [2.24, 2.45) is 0 Å². The molecule has 1 N–H and O–H groups in total. The van der Waals surface area contributed by atoms with Crippen molar-refractivity contribution in [3.05, 3.63) is 24.0 Å². The topological polar surface area (TPSA) is 37.4 Å². The summed E-state index contributed by atoms with van der Waals surface area (Å²) in [5, 5.41) is 3.47. The second kappa shape index (κ2) is 7.60. The first kappa shape index (κ1) is 15.3. The quantitative estimate of drug-likeness (QED) is 0.867. The molecule has 0 amide bonds. The lowest BCUT2D eigenvalue weighted by Crippen LogP contribution is -2.39. The number of methoxy groups -OCH3 is 1. The van der Waals surface area contributed by atoms with Crippen LogP contribution >= 0.6 is 0 Å². The number of hydrogen-bond donors (Lipinski definition) is 1. The van der Waals surface area contributed by atoms with Crippen molar-refractivity contribution in [1.82, 2.24) is 10.3 Å². The van der Waals surface area contributed by atoms with Gasteiger partial charge in [0, 0.05) is 26.2 Å². The molecule has 1 aliphatic rings. The molecule has 4 heteroatoms.